The number of allylic oxidation sites excluding steroid dienone is 1. The van der Waals surface area contributed by atoms with E-state index in [9.17, 15) is 4.79 Å². The SMILES string of the molecule is Nc1cc2ncnn2c(SCC(=O)NN=CC=Cc2ccccc2)n1. The van der Waals surface area contributed by atoms with Gasteiger partial charge < -0.3 is 5.73 Å². The first-order chi connectivity index (χ1) is 12.2. The zero-order chi connectivity index (χ0) is 17.5. The third-order valence-electron chi connectivity index (χ3n) is 3.03. The van der Waals surface area contributed by atoms with Gasteiger partial charge in [-0.2, -0.15) is 14.7 Å². The second-order valence-electron chi connectivity index (χ2n) is 4.87. The molecule has 0 aliphatic heterocycles. The molecule has 0 unspecified atom stereocenters. The topological polar surface area (TPSA) is 111 Å². The van der Waals surface area contributed by atoms with E-state index in [4.69, 9.17) is 5.73 Å². The molecule has 3 rings (SSSR count). The van der Waals surface area contributed by atoms with E-state index in [0.29, 0.717) is 16.6 Å². The third-order valence-corrected chi connectivity index (χ3v) is 3.96. The summed E-state index contributed by atoms with van der Waals surface area (Å²) in [6, 6.07) is 11.4. The van der Waals surface area contributed by atoms with Crippen LogP contribution in [0.25, 0.3) is 11.7 Å². The van der Waals surface area contributed by atoms with E-state index < -0.39 is 0 Å². The highest BCUT2D eigenvalue weighted by Gasteiger charge is 2.09. The molecule has 2 aromatic heterocycles. The van der Waals surface area contributed by atoms with Crippen LogP contribution in [-0.2, 0) is 4.79 Å². The Balaban J connectivity index is 1.50. The summed E-state index contributed by atoms with van der Waals surface area (Å²) in [5.41, 5.74) is 9.80. The van der Waals surface area contributed by atoms with Crippen molar-refractivity contribution in [1.82, 2.24) is 25.0 Å². The lowest BCUT2D eigenvalue weighted by atomic mass is 10.2. The van der Waals surface area contributed by atoms with Gasteiger partial charge in [0.05, 0.1) is 5.75 Å². The van der Waals surface area contributed by atoms with Crippen molar-refractivity contribution in [2.45, 2.75) is 5.16 Å². The molecule has 126 valence electrons. The lowest BCUT2D eigenvalue weighted by Gasteiger charge is -2.03. The number of carbonyl (C=O) groups is 1. The molecule has 8 nitrogen and oxygen atoms in total. The van der Waals surface area contributed by atoms with Crippen LogP contribution in [0.5, 0.6) is 0 Å². The second kappa shape index (κ2) is 8.06. The van der Waals surface area contributed by atoms with Crippen molar-refractivity contribution in [3.63, 3.8) is 0 Å². The molecule has 0 atom stereocenters. The number of thioether (sulfide) groups is 1. The number of aromatic nitrogens is 4. The standard InChI is InChI=1S/C16H15N7OS/c17-13-9-14-18-11-20-23(14)16(21-13)25-10-15(24)22-19-8-4-7-12-5-2-1-3-6-12/h1-9,11H,10,17H2,(H,22,24). The fourth-order valence-corrected chi connectivity index (χ4v) is 2.70. The Kier molecular flexibility index (Phi) is 5.37. The van der Waals surface area contributed by atoms with Gasteiger partial charge in [0, 0.05) is 12.3 Å². The maximum absolute atomic E-state index is 11.8. The van der Waals surface area contributed by atoms with Crippen LogP contribution in [0, 0.1) is 0 Å². The predicted molar refractivity (Wildman–Crippen MR) is 98.0 cm³/mol. The molecule has 0 bridgehead atoms. The van der Waals surface area contributed by atoms with E-state index in [-0.39, 0.29) is 11.7 Å². The largest absolute Gasteiger partial charge is 0.383 e. The van der Waals surface area contributed by atoms with Gasteiger partial charge in [-0.25, -0.2) is 15.4 Å². The van der Waals surface area contributed by atoms with Crippen molar-refractivity contribution in [3.05, 3.63) is 54.4 Å². The van der Waals surface area contributed by atoms with E-state index in [1.54, 1.807) is 12.1 Å². The fraction of sp³-hybridized carbons (Fsp3) is 0.0625. The van der Waals surface area contributed by atoms with Crippen molar-refractivity contribution < 1.29 is 4.79 Å². The van der Waals surface area contributed by atoms with Gasteiger partial charge in [-0.15, -0.1) is 0 Å². The van der Waals surface area contributed by atoms with Gasteiger partial charge in [0.15, 0.2) is 10.8 Å². The number of carbonyl (C=O) groups excluding carboxylic acids is 1. The van der Waals surface area contributed by atoms with Gasteiger partial charge in [0.1, 0.15) is 12.1 Å². The smallest absolute Gasteiger partial charge is 0.250 e. The van der Waals surface area contributed by atoms with Crippen molar-refractivity contribution >= 4 is 41.4 Å². The number of fused-ring (bicyclic) bond motifs is 1. The monoisotopic (exact) mass is 353 g/mol. The summed E-state index contributed by atoms with van der Waals surface area (Å²) >= 11 is 1.20. The average molecular weight is 353 g/mol. The van der Waals surface area contributed by atoms with Crippen LogP contribution in [0.3, 0.4) is 0 Å². The van der Waals surface area contributed by atoms with Gasteiger partial charge in [-0.05, 0) is 11.6 Å². The molecule has 3 N–H and O–H groups in total. The number of nitrogen functional groups attached to an aromatic ring is 1. The number of hydrogen-bond acceptors (Lipinski definition) is 7. The third kappa shape index (κ3) is 4.64. The molecular formula is C16H15N7OS. The predicted octanol–water partition coefficient (Wildman–Crippen LogP) is 1.61. The summed E-state index contributed by atoms with van der Waals surface area (Å²) in [5.74, 6) is 0.199. The van der Waals surface area contributed by atoms with Crippen molar-refractivity contribution in [2.24, 2.45) is 5.10 Å². The van der Waals surface area contributed by atoms with Gasteiger partial charge in [-0.1, -0.05) is 48.2 Å². The summed E-state index contributed by atoms with van der Waals surface area (Å²) in [5, 5.41) is 8.41. The Hall–Kier alpha value is -3.20. The van der Waals surface area contributed by atoms with Crippen molar-refractivity contribution in [3.8, 4) is 0 Å². The molecule has 0 aliphatic carbocycles. The Labute approximate surface area is 147 Å². The molecule has 1 amide bonds. The summed E-state index contributed by atoms with van der Waals surface area (Å²) in [6.07, 6.45) is 6.57. The van der Waals surface area contributed by atoms with Crippen LogP contribution in [0.15, 0.2) is 59.1 Å². The number of hydrogen-bond donors (Lipinski definition) is 2. The molecule has 0 aliphatic rings. The lowest BCUT2D eigenvalue weighted by molar-refractivity contribution is -0.118. The number of rotatable bonds is 6. The molecule has 2 heterocycles. The molecular weight excluding hydrogens is 338 g/mol. The summed E-state index contributed by atoms with van der Waals surface area (Å²) in [4.78, 5) is 20.0. The van der Waals surface area contributed by atoms with E-state index in [1.807, 2.05) is 36.4 Å². The van der Waals surface area contributed by atoms with Gasteiger partial charge in [-0.3, -0.25) is 4.79 Å². The summed E-state index contributed by atoms with van der Waals surface area (Å²) < 4.78 is 1.53. The number of anilines is 1. The van der Waals surface area contributed by atoms with Crippen molar-refractivity contribution in [1.29, 1.82) is 0 Å². The van der Waals surface area contributed by atoms with E-state index in [2.05, 4.69) is 25.6 Å². The fourth-order valence-electron chi connectivity index (χ4n) is 1.94. The van der Waals surface area contributed by atoms with Crippen LogP contribution in [0.1, 0.15) is 5.56 Å². The summed E-state index contributed by atoms with van der Waals surface area (Å²) in [6.45, 7) is 0. The van der Waals surface area contributed by atoms with Crippen molar-refractivity contribution in [2.75, 3.05) is 11.5 Å². The lowest BCUT2D eigenvalue weighted by Crippen LogP contribution is -2.19. The van der Waals surface area contributed by atoms with E-state index in [1.165, 1.54) is 28.8 Å². The van der Waals surface area contributed by atoms with Gasteiger partial charge in [0.2, 0.25) is 0 Å². The summed E-state index contributed by atoms with van der Waals surface area (Å²) in [7, 11) is 0. The first-order valence-corrected chi connectivity index (χ1v) is 8.33. The molecule has 0 radical (unpaired) electrons. The minimum atomic E-state index is -0.258. The number of nitrogens with zero attached hydrogens (tertiary/aromatic N) is 5. The Bertz CT molecular complexity index is 921. The molecule has 0 spiro atoms. The quantitative estimate of drug-likeness (QED) is 0.301. The van der Waals surface area contributed by atoms with E-state index >= 15 is 0 Å². The highest BCUT2D eigenvalue weighted by molar-refractivity contribution is 7.99. The zero-order valence-electron chi connectivity index (χ0n) is 13.1. The van der Waals surface area contributed by atoms with Crippen LogP contribution >= 0.6 is 11.8 Å². The highest BCUT2D eigenvalue weighted by atomic mass is 32.2. The second-order valence-corrected chi connectivity index (χ2v) is 5.81. The first kappa shape index (κ1) is 16.7. The average Bonchev–Trinajstić information content (AvgIpc) is 3.08. The maximum Gasteiger partial charge on any atom is 0.250 e. The minimum Gasteiger partial charge on any atom is -0.383 e. The molecule has 3 aromatic rings. The molecule has 1 aromatic carbocycles. The highest BCUT2D eigenvalue weighted by Crippen LogP contribution is 2.17. The number of hydrazone groups is 1. The Morgan fingerprint density at radius 1 is 1.36 bits per heavy atom. The van der Waals surface area contributed by atoms with Gasteiger partial charge in [0.25, 0.3) is 5.91 Å². The van der Waals surface area contributed by atoms with Crippen LogP contribution in [-0.4, -0.2) is 37.5 Å². The minimum absolute atomic E-state index is 0.130. The number of nitrogens with one attached hydrogen (secondary N) is 1. The first-order valence-electron chi connectivity index (χ1n) is 7.35. The van der Waals surface area contributed by atoms with Crippen LogP contribution in [0.2, 0.25) is 0 Å². The Morgan fingerprint density at radius 3 is 3.04 bits per heavy atom. The zero-order valence-corrected chi connectivity index (χ0v) is 13.9. The molecule has 0 fully saturated rings. The molecule has 0 saturated heterocycles. The van der Waals surface area contributed by atoms with Gasteiger partial charge >= 0.3 is 0 Å². The Morgan fingerprint density at radius 2 is 2.20 bits per heavy atom. The van der Waals surface area contributed by atoms with Crippen LogP contribution in [0.4, 0.5) is 5.82 Å². The number of nitrogens with two attached hydrogens (primary N) is 1. The van der Waals surface area contributed by atoms with E-state index in [0.717, 1.165) is 5.56 Å². The van der Waals surface area contributed by atoms with Crippen LogP contribution < -0.4 is 11.2 Å². The number of amides is 1. The molecule has 9 heteroatoms. The number of benzene rings is 1. The molecule has 25 heavy (non-hydrogen) atoms. The normalized spacial score (nSPS) is 11.5. The maximum atomic E-state index is 11.8. The molecule has 0 saturated carbocycles.